The molecule has 0 amide bonds. The van der Waals surface area contributed by atoms with Crippen LogP contribution in [0.15, 0.2) is 55.0 Å². The molecule has 0 saturated heterocycles. The number of rotatable bonds is 5. The lowest BCUT2D eigenvalue weighted by Crippen LogP contribution is -2.24. The number of halogens is 1. The minimum Gasteiger partial charge on any atom is -0.492 e. The summed E-state index contributed by atoms with van der Waals surface area (Å²) in [6, 6.07) is 11.4. The lowest BCUT2D eigenvalue weighted by molar-refractivity contribution is 0.326. The first-order chi connectivity index (χ1) is 10.7. The van der Waals surface area contributed by atoms with Gasteiger partial charge in [0, 0.05) is 35.5 Å². The molecule has 0 N–H and O–H groups in total. The second kappa shape index (κ2) is 6.62. The van der Waals surface area contributed by atoms with Crippen molar-refractivity contribution >= 4 is 28.2 Å². The van der Waals surface area contributed by atoms with Gasteiger partial charge in [0.2, 0.25) is 0 Å². The predicted molar refractivity (Wildman–Crippen MR) is 89.8 cm³/mol. The Bertz CT molecular complexity index is 756. The Balaban J connectivity index is 1.66. The molecule has 0 bridgehead atoms. The third kappa shape index (κ3) is 3.28. The third-order valence-corrected chi connectivity index (χ3v) is 3.69. The third-order valence-electron chi connectivity index (χ3n) is 3.44. The number of likely N-dealkylation sites (N-methyl/N-ethyl adjacent to an activating group) is 1. The summed E-state index contributed by atoms with van der Waals surface area (Å²) < 4.78 is 5.74. The number of nitrogens with zero attached hydrogens (tertiary/aromatic N) is 3. The van der Waals surface area contributed by atoms with Gasteiger partial charge in [-0.1, -0.05) is 11.6 Å². The van der Waals surface area contributed by atoms with E-state index in [1.807, 2.05) is 43.4 Å². The van der Waals surface area contributed by atoms with Gasteiger partial charge in [-0.2, -0.15) is 0 Å². The molecule has 3 rings (SSSR count). The van der Waals surface area contributed by atoms with E-state index in [0.29, 0.717) is 11.6 Å². The van der Waals surface area contributed by atoms with Crippen molar-refractivity contribution in [3.05, 3.63) is 60.0 Å². The molecule has 4 nitrogen and oxygen atoms in total. The molecule has 0 aliphatic carbocycles. The molecule has 22 heavy (non-hydrogen) atoms. The van der Waals surface area contributed by atoms with E-state index in [1.54, 1.807) is 18.6 Å². The van der Waals surface area contributed by atoms with Gasteiger partial charge < -0.3 is 9.64 Å². The van der Waals surface area contributed by atoms with Crippen molar-refractivity contribution in [3.8, 4) is 5.75 Å². The minimum absolute atomic E-state index is 0.590. The lowest BCUT2D eigenvalue weighted by atomic mass is 10.2. The van der Waals surface area contributed by atoms with Crippen LogP contribution >= 0.6 is 11.6 Å². The number of anilines is 1. The van der Waals surface area contributed by atoms with Crippen LogP contribution in [0.25, 0.3) is 10.9 Å². The normalized spacial score (nSPS) is 10.6. The fraction of sp³-hybridized carbons (Fsp3) is 0.176. The highest BCUT2D eigenvalue weighted by atomic mass is 35.5. The van der Waals surface area contributed by atoms with Crippen LogP contribution in [0.1, 0.15) is 0 Å². The van der Waals surface area contributed by atoms with Crippen molar-refractivity contribution in [2.75, 3.05) is 25.1 Å². The number of hydrogen-bond donors (Lipinski definition) is 0. The molecule has 2 aromatic heterocycles. The van der Waals surface area contributed by atoms with Gasteiger partial charge in [-0.15, -0.1) is 0 Å². The Labute approximate surface area is 134 Å². The van der Waals surface area contributed by atoms with Gasteiger partial charge in [-0.3, -0.25) is 9.97 Å². The first kappa shape index (κ1) is 14.6. The maximum atomic E-state index is 5.86. The molecule has 2 heterocycles. The van der Waals surface area contributed by atoms with Gasteiger partial charge in [-0.05, 0) is 36.4 Å². The Morgan fingerprint density at radius 2 is 1.91 bits per heavy atom. The van der Waals surface area contributed by atoms with Crippen molar-refractivity contribution in [2.24, 2.45) is 0 Å². The summed E-state index contributed by atoms with van der Waals surface area (Å²) in [5, 5.41) is 1.80. The van der Waals surface area contributed by atoms with Gasteiger partial charge in [-0.25, -0.2) is 0 Å². The largest absolute Gasteiger partial charge is 0.492 e. The average molecular weight is 314 g/mol. The summed E-state index contributed by atoms with van der Waals surface area (Å²) in [6.07, 6.45) is 5.36. The van der Waals surface area contributed by atoms with Gasteiger partial charge >= 0.3 is 0 Å². The molecule has 0 unspecified atom stereocenters. The molecule has 0 spiro atoms. The van der Waals surface area contributed by atoms with Gasteiger partial charge in [0.1, 0.15) is 12.4 Å². The van der Waals surface area contributed by atoms with Gasteiger partial charge in [0.25, 0.3) is 0 Å². The smallest absolute Gasteiger partial charge is 0.119 e. The number of hydrogen-bond acceptors (Lipinski definition) is 4. The SMILES string of the molecule is CN(CCOc1ccc(Cl)cc1)c1ccnc2cnccc12. The van der Waals surface area contributed by atoms with Crippen LogP contribution in [0, 0.1) is 0 Å². The fourth-order valence-electron chi connectivity index (χ4n) is 2.27. The maximum absolute atomic E-state index is 5.86. The summed E-state index contributed by atoms with van der Waals surface area (Å²) in [7, 11) is 2.04. The molecule has 0 aliphatic heterocycles. The van der Waals surface area contributed by atoms with Crippen LogP contribution in [0.2, 0.25) is 5.02 Å². The van der Waals surface area contributed by atoms with Gasteiger partial charge in [0.05, 0.1) is 18.3 Å². The summed E-state index contributed by atoms with van der Waals surface area (Å²) >= 11 is 5.86. The standard InChI is InChI=1S/C17H16ClN3O/c1-21(10-11-22-14-4-2-13(18)3-5-14)17-7-9-20-16-12-19-8-6-15(16)17/h2-9,12H,10-11H2,1H3. The summed E-state index contributed by atoms with van der Waals surface area (Å²) in [6.45, 7) is 1.36. The monoisotopic (exact) mass is 313 g/mol. The quantitative estimate of drug-likeness (QED) is 0.718. The van der Waals surface area contributed by atoms with E-state index in [2.05, 4.69) is 14.9 Å². The summed E-state index contributed by atoms with van der Waals surface area (Å²) in [4.78, 5) is 10.6. The molecule has 5 heteroatoms. The molecule has 112 valence electrons. The molecule has 0 atom stereocenters. The molecule has 3 aromatic rings. The van der Waals surface area contributed by atoms with E-state index in [9.17, 15) is 0 Å². The van der Waals surface area contributed by atoms with Crippen LogP contribution in [-0.4, -0.2) is 30.2 Å². The zero-order valence-corrected chi connectivity index (χ0v) is 13.0. The zero-order valence-electron chi connectivity index (χ0n) is 12.2. The van der Waals surface area contributed by atoms with E-state index >= 15 is 0 Å². The second-order valence-corrected chi connectivity index (χ2v) is 5.38. The Kier molecular flexibility index (Phi) is 4.39. The molecular formula is C17H16ClN3O. The fourth-order valence-corrected chi connectivity index (χ4v) is 2.39. The highest BCUT2D eigenvalue weighted by Gasteiger charge is 2.06. The maximum Gasteiger partial charge on any atom is 0.119 e. The number of benzene rings is 1. The Morgan fingerprint density at radius 1 is 1.09 bits per heavy atom. The lowest BCUT2D eigenvalue weighted by Gasteiger charge is -2.21. The summed E-state index contributed by atoms with van der Waals surface area (Å²) in [5.41, 5.74) is 2.01. The van der Waals surface area contributed by atoms with Crippen molar-refractivity contribution in [1.82, 2.24) is 9.97 Å². The first-order valence-corrected chi connectivity index (χ1v) is 7.40. The van der Waals surface area contributed by atoms with E-state index in [4.69, 9.17) is 16.3 Å². The number of ether oxygens (including phenoxy) is 1. The highest BCUT2D eigenvalue weighted by molar-refractivity contribution is 6.30. The van der Waals surface area contributed by atoms with Gasteiger partial charge in [0.15, 0.2) is 0 Å². The van der Waals surface area contributed by atoms with Crippen molar-refractivity contribution in [3.63, 3.8) is 0 Å². The van der Waals surface area contributed by atoms with E-state index in [0.717, 1.165) is 28.9 Å². The molecule has 0 radical (unpaired) electrons. The van der Waals surface area contributed by atoms with E-state index in [-0.39, 0.29) is 0 Å². The predicted octanol–water partition coefficient (Wildman–Crippen LogP) is 3.80. The summed E-state index contributed by atoms with van der Waals surface area (Å²) in [5.74, 6) is 0.821. The van der Waals surface area contributed by atoms with Crippen molar-refractivity contribution in [1.29, 1.82) is 0 Å². The molecular weight excluding hydrogens is 298 g/mol. The van der Waals surface area contributed by atoms with Crippen LogP contribution < -0.4 is 9.64 Å². The minimum atomic E-state index is 0.590. The Morgan fingerprint density at radius 3 is 2.73 bits per heavy atom. The van der Waals surface area contributed by atoms with Crippen LogP contribution in [0.4, 0.5) is 5.69 Å². The topological polar surface area (TPSA) is 38.2 Å². The van der Waals surface area contributed by atoms with E-state index in [1.165, 1.54) is 0 Å². The number of pyridine rings is 2. The molecule has 1 aromatic carbocycles. The van der Waals surface area contributed by atoms with Crippen molar-refractivity contribution < 1.29 is 4.74 Å². The molecule has 0 saturated carbocycles. The molecule has 0 aliphatic rings. The average Bonchev–Trinajstić information content (AvgIpc) is 2.56. The van der Waals surface area contributed by atoms with Crippen LogP contribution in [0.5, 0.6) is 5.75 Å². The first-order valence-electron chi connectivity index (χ1n) is 7.02. The van der Waals surface area contributed by atoms with E-state index < -0.39 is 0 Å². The number of aromatic nitrogens is 2. The van der Waals surface area contributed by atoms with Crippen LogP contribution in [-0.2, 0) is 0 Å². The van der Waals surface area contributed by atoms with Crippen molar-refractivity contribution in [2.45, 2.75) is 0 Å². The zero-order chi connectivity index (χ0) is 15.4. The van der Waals surface area contributed by atoms with Crippen LogP contribution in [0.3, 0.4) is 0 Å². The molecule has 0 fully saturated rings. The number of fused-ring (bicyclic) bond motifs is 1. The second-order valence-electron chi connectivity index (χ2n) is 4.95. The highest BCUT2D eigenvalue weighted by Crippen LogP contribution is 2.23. The Hall–Kier alpha value is -2.33.